The molecule has 0 spiro atoms. The first-order valence-corrected chi connectivity index (χ1v) is 6.01. The molecule has 0 aromatic heterocycles. The minimum absolute atomic E-state index is 0.711. The standard InChI is InChI=1S/C16H17NO/c1-13-4-3-5-15(10-13)11-17(2)16-8-6-14(12-18)7-9-16/h3-10,12H,11H2,1-2H3. The monoisotopic (exact) mass is 239 g/mol. The number of anilines is 1. The molecule has 2 aromatic carbocycles. The molecule has 0 aliphatic heterocycles. The highest BCUT2D eigenvalue weighted by molar-refractivity contribution is 5.75. The van der Waals surface area contributed by atoms with Crippen molar-refractivity contribution in [2.45, 2.75) is 13.5 Å². The molecule has 0 saturated heterocycles. The van der Waals surface area contributed by atoms with Crippen LogP contribution in [0.5, 0.6) is 0 Å². The molecule has 0 saturated carbocycles. The summed E-state index contributed by atoms with van der Waals surface area (Å²) < 4.78 is 0. The van der Waals surface area contributed by atoms with E-state index in [1.807, 2.05) is 24.3 Å². The van der Waals surface area contributed by atoms with Crippen molar-refractivity contribution >= 4 is 12.0 Å². The van der Waals surface area contributed by atoms with E-state index in [0.717, 1.165) is 18.5 Å². The number of aryl methyl sites for hydroxylation is 1. The maximum Gasteiger partial charge on any atom is 0.150 e. The van der Waals surface area contributed by atoms with Gasteiger partial charge in [0.15, 0.2) is 0 Å². The van der Waals surface area contributed by atoms with Gasteiger partial charge in [0, 0.05) is 24.8 Å². The average molecular weight is 239 g/mol. The Morgan fingerprint density at radius 2 is 1.83 bits per heavy atom. The molecule has 2 nitrogen and oxygen atoms in total. The fourth-order valence-electron chi connectivity index (χ4n) is 1.98. The number of carbonyl (C=O) groups is 1. The second kappa shape index (κ2) is 5.50. The van der Waals surface area contributed by atoms with Gasteiger partial charge in [-0.2, -0.15) is 0 Å². The summed E-state index contributed by atoms with van der Waals surface area (Å²) in [5, 5.41) is 0. The molecule has 0 amide bonds. The highest BCUT2D eigenvalue weighted by Crippen LogP contribution is 2.16. The van der Waals surface area contributed by atoms with E-state index in [9.17, 15) is 4.79 Å². The molecule has 0 unspecified atom stereocenters. The Balaban J connectivity index is 2.11. The molecule has 2 aromatic rings. The van der Waals surface area contributed by atoms with Gasteiger partial charge in [-0.3, -0.25) is 4.79 Å². The Kier molecular flexibility index (Phi) is 3.78. The first-order chi connectivity index (χ1) is 8.69. The lowest BCUT2D eigenvalue weighted by Gasteiger charge is -2.19. The molecule has 0 bridgehead atoms. The SMILES string of the molecule is Cc1cccc(CN(C)c2ccc(C=O)cc2)c1. The minimum atomic E-state index is 0.711. The smallest absolute Gasteiger partial charge is 0.150 e. The third-order valence-electron chi connectivity index (χ3n) is 2.97. The molecule has 0 radical (unpaired) electrons. The summed E-state index contributed by atoms with van der Waals surface area (Å²) in [7, 11) is 2.05. The van der Waals surface area contributed by atoms with E-state index in [-0.39, 0.29) is 0 Å². The molecule has 0 aliphatic rings. The first-order valence-electron chi connectivity index (χ1n) is 6.01. The summed E-state index contributed by atoms with van der Waals surface area (Å²) in [5.41, 5.74) is 4.39. The maximum absolute atomic E-state index is 10.6. The highest BCUT2D eigenvalue weighted by Gasteiger charge is 2.02. The number of carbonyl (C=O) groups excluding carboxylic acids is 1. The minimum Gasteiger partial charge on any atom is -0.370 e. The molecular weight excluding hydrogens is 222 g/mol. The molecule has 0 aliphatic carbocycles. The molecular formula is C16H17NO. The van der Waals surface area contributed by atoms with Crippen molar-refractivity contribution in [1.82, 2.24) is 0 Å². The lowest BCUT2D eigenvalue weighted by molar-refractivity contribution is 0.112. The first kappa shape index (κ1) is 12.4. The van der Waals surface area contributed by atoms with Crippen LogP contribution in [0.1, 0.15) is 21.5 Å². The predicted molar refractivity (Wildman–Crippen MR) is 75.1 cm³/mol. The quantitative estimate of drug-likeness (QED) is 0.762. The number of rotatable bonds is 4. The van der Waals surface area contributed by atoms with E-state index in [4.69, 9.17) is 0 Å². The van der Waals surface area contributed by atoms with Crippen LogP contribution in [0, 0.1) is 6.92 Å². The second-order valence-electron chi connectivity index (χ2n) is 4.55. The van der Waals surface area contributed by atoms with Crippen molar-refractivity contribution in [3.63, 3.8) is 0 Å². The van der Waals surface area contributed by atoms with Gasteiger partial charge in [0.2, 0.25) is 0 Å². The molecule has 0 atom stereocenters. The van der Waals surface area contributed by atoms with Gasteiger partial charge in [0.05, 0.1) is 0 Å². The van der Waals surface area contributed by atoms with E-state index < -0.39 is 0 Å². The zero-order valence-electron chi connectivity index (χ0n) is 10.8. The molecule has 0 heterocycles. The molecule has 18 heavy (non-hydrogen) atoms. The summed E-state index contributed by atoms with van der Waals surface area (Å²) in [6.45, 7) is 2.96. The Hall–Kier alpha value is -2.09. The normalized spacial score (nSPS) is 10.1. The average Bonchev–Trinajstić information content (AvgIpc) is 2.39. The van der Waals surface area contributed by atoms with Gasteiger partial charge in [0.25, 0.3) is 0 Å². The van der Waals surface area contributed by atoms with Crippen LogP contribution in [0.4, 0.5) is 5.69 Å². The largest absolute Gasteiger partial charge is 0.370 e. The van der Waals surface area contributed by atoms with E-state index >= 15 is 0 Å². The maximum atomic E-state index is 10.6. The van der Waals surface area contributed by atoms with Crippen molar-refractivity contribution in [3.8, 4) is 0 Å². The Morgan fingerprint density at radius 1 is 1.11 bits per heavy atom. The lowest BCUT2D eigenvalue weighted by Crippen LogP contribution is -2.16. The van der Waals surface area contributed by atoms with Crippen LogP contribution in [0.3, 0.4) is 0 Å². The zero-order chi connectivity index (χ0) is 13.0. The van der Waals surface area contributed by atoms with Crippen molar-refractivity contribution in [1.29, 1.82) is 0 Å². The van der Waals surface area contributed by atoms with Crippen molar-refractivity contribution in [2.75, 3.05) is 11.9 Å². The van der Waals surface area contributed by atoms with E-state index in [1.54, 1.807) is 0 Å². The third-order valence-corrected chi connectivity index (χ3v) is 2.97. The fourth-order valence-corrected chi connectivity index (χ4v) is 1.98. The predicted octanol–water partition coefficient (Wildman–Crippen LogP) is 3.44. The van der Waals surface area contributed by atoms with Crippen LogP contribution >= 0.6 is 0 Å². The van der Waals surface area contributed by atoms with Crippen LogP contribution < -0.4 is 4.90 Å². The van der Waals surface area contributed by atoms with Gasteiger partial charge in [-0.05, 0) is 36.8 Å². The summed E-state index contributed by atoms with van der Waals surface area (Å²) >= 11 is 0. The van der Waals surface area contributed by atoms with E-state index in [2.05, 4.69) is 43.1 Å². The van der Waals surface area contributed by atoms with Crippen LogP contribution in [0.2, 0.25) is 0 Å². The molecule has 2 rings (SSSR count). The van der Waals surface area contributed by atoms with Gasteiger partial charge in [-0.25, -0.2) is 0 Å². The zero-order valence-corrected chi connectivity index (χ0v) is 10.8. The summed E-state index contributed by atoms with van der Waals surface area (Å²) in [5.74, 6) is 0. The number of hydrogen-bond donors (Lipinski definition) is 0. The third kappa shape index (κ3) is 2.98. The fraction of sp³-hybridized carbons (Fsp3) is 0.188. The summed E-state index contributed by atoms with van der Waals surface area (Å²) in [6.07, 6.45) is 0.865. The molecule has 0 N–H and O–H groups in total. The highest BCUT2D eigenvalue weighted by atomic mass is 16.1. The van der Waals surface area contributed by atoms with Crippen molar-refractivity contribution in [2.24, 2.45) is 0 Å². The Morgan fingerprint density at radius 3 is 2.44 bits per heavy atom. The second-order valence-corrected chi connectivity index (χ2v) is 4.55. The topological polar surface area (TPSA) is 20.3 Å². The Labute approximate surface area is 108 Å². The van der Waals surface area contributed by atoms with E-state index in [1.165, 1.54) is 11.1 Å². The van der Waals surface area contributed by atoms with Crippen molar-refractivity contribution < 1.29 is 4.79 Å². The van der Waals surface area contributed by atoms with Crippen LogP contribution in [-0.2, 0) is 6.54 Å². The van der Waals surface area contributed by atoms with Gasteiger partial charge < -0.3 is 4.90 Å². The number of aldehydes is 1. The number of benzene rings is 2. The molecule has 0 fully saturated rings. The Bertz CT molecular complexity index is 531. The molecule has 92 valence electrons. The van der Waals surface area contributed by atoms with Gasteiger partial charge in [-0.1, -0.05) is 29.8 Å². The van der Waals surface area contributed by atoms with Crippen LogP contribution in [-0.4, -0.2) is 13.3 Å². The van der Waals surface area contributed by atoms with Crippen LogP contribution in [0.25, 0.3) is 0 Å². The van der Waals surface area contributed by atoms with Gasteiger partial charge >= 0.3 is 0 Å². The van der Waals surface area contributed by atoms with E-state index in [0.29, 0.717) is 5.56 Å². The van der Waals surface area contributed by atoms with Gasteiger partial charge in [-0.15, -0.1) is 0 Å². The lowest BCUT2D eigenvalue weighted by atomic mass is 10.1. The summed E-state index contributed by atoms with van der Waals surface area (Å²) in [4.78, 5) is 12.8. The molecule has 2 heteroatoms. The van der Waals surface area contributed by atoms with Gasteiger partial charge in [0.1, 0.15) is 6.29 Å². The summed E-state index contributed by atoms with van der Waals surface area (Å²) in [6, 6.07) is 16.1. The van der Waals surface area contributed by atoms with Crippen LogP contribution in [0.15, 0.2) is 48.5 Å². The number of nitrogens with zero attached hydrogens (tertiary/aromatic N) is 1. The number of hydrogen-bond acceptors (Lipinski definition) is 2. The van der Waals surface area contributed by atoms with Crippen molar-refractivity contribution in [3.05, 3.63) is 65.2 Å².